The predicted molar refractivity (Wildman–Crippen MR) is 108 cm³/mol. The molecule has 1 unspecified atom stereocenters. The van der Waals surface area contributed by atoms with Crippen molar-refractivity contribution in [3.8, 4) is 0 Å². The minimum Gasteiger partial charge on any atom is -0.357 e. The molecule has 0 radical (unpaired) electrons. The summed E-state index contributed by atoms with van der Waals surface area (Å²) >= 11 is 0. The topological polar surface area (TPSA) is 83.5 Å². The molecule has 28 heavy (non-hydrogen) atoms. The summed E-state index contributed by atoms with van der Waals surface area (Å²) in [6, 6.07) is 2.07. The van der Waals surface area contributed by atoms with E-state index in [-0.39, 0.29) is 29.2 Å². The molecule has 3 aliphatic heterocycles. The van der Waals surface area contributed by atoms with E-state index in [1.165, 1.54) is 12.8 Å². The Morgan fingerprint density at radius 1 is 1.11 bits per heavy atom. The van der Waals surface area contributed by atoms with Gasteiger partial charge in [0, 0.05) is 50.3 Å². The highest BCUT2D eigenvalue weighted by atomic mass is 32.2. The molecule has 1 amide bonds. The number of likely N-dealkylation sites (tertiary alicyclic amines) is 1. The molecule has 3 fully saturated rings. The zero-order valence-electron chi connectivity index (χ0n) is 16.6. The average molecular weight is 407 g/mol. The maximum Gasteiger partial charge on any atom is 0.222 e. The van der Waals surface area contributed by atoms with Crippen molar-refractivity contribution in [2.24, 2.45) is 5.92 Å². The van der Waals surface area contributed by atoms with Gasteiger partial charge in [-0.3, -0.25) is 4.79 Å². The third-order valence-electron chi connectivity index (χ3n) is 6.29. The van der Waals surface area contributed by atoms with Gasteiger partial charge in [-0.2, -0.15) is 0 Å². The summed E-state index contributed by atoms with van der Waals surface area (Å²) in [5, 5.41) is 0. The number of hydrogen-bond acceptors (Lipinski definition) is 6. The second-order valence-electron chi connectivity index (χ2n) is 8.55. The number of amides is 1. The van der Waals surface area contributed by atoms with Crippen LogP contribution in [0.2, 0.25) is 0 Å². The van der Waals surface area contributed by atoms with Gasteiger partial charge in [-0.15, -0.1) is 0 Å². The second-order valence-corrected chi connectivity index (χ2v) is 10.8. The van der Waals surface area contributed by atoms with Crippen LogP contribution in [0.4, 0.5) is 5.82 Å². The third kappa shape index (κ3) is 4.47. The molecule has 0 N–H and O–H groups in total. The van der Waals surface area contributed by atoms with Crippen molar-refractivity contribution >= 4 is 21.6 Å². The number of aromatic nitrogens is 2. The Bertz CT molecular complexity index is 828. The molecular weight excluding hydrogens is 376 g/mol. The highest BCUT2D eigenvalue weighted by Gasteiger charge is 2.32. The lowest BCUT2D eigenvalue weighted by atomic mass is 9.94. The standard InChI is InChI=1S/C20H30N4O3S/c1-15-12-18(23-7-2-3-8-23)22-20(21-15)17-4-9-24(10-5-17)19(25)13-16-6-11-28(26,27)14-16/h12,16-17H,2-11,13-14H2,1H3. The molecule has 0 spiro atoms. The van der Waals surface area contributed by atoms with E-state index in [0.29, 0.717) is 25.9 Å². The van der Waals surface area contributed by atoms with Crippen molar-refractivity contribution in [1.82, 2.24) is 14.9 Å². The largest absolute Gasteiger partial charge is 0.357 e. The van der Waals surface area contributed by atoms with Crippen LogP contribution in [0.3, 0.4) is 0 Å². The van der Waals surface area contributed by atoms with Crippen LogP contribution >= 0.6 is 0 Å². The fraction of sp³-hybridized carbons (Fsp3) is 0.750. The summed E-state index contributed by atoms with van der Waals surface area (Å²) in [6.45, 7) is 5.58. The van der Waals surface area contributed by atoms with Crippen LogP contribution in [0, 0.1) is 12.8 Å². The first-order valence-electron chi connectivity index (χ1n) is 10.5. The van der Waals surface area contributed by atoms with E-state index < -0.39 is 9.84 Å². The first-order valence-corrected chi connectivity index (χ1v) is 12.3. The molecule has 8 heteroatoms. The SMILES string of the molecule is Cc1cc(N2CCCC2)nc(C2CCN(C(=O)CC3CCS(=O)(=O)C3)CC2)n1. The van der Waals surface area contributed by atoms with E-state index in [4.69, 9.17) is 9.97 Å². The van der Waals surface area contributed by atoms with Crippen LogP contribution in [-0.4, -0.2) is 66.9 Å². The summed E-state index contributed by atoms with van der Waals surface area (Å²) in [6.07, 6.45) is 5.18. The number of aryl methyl sites for hydroxylation is 1. The molecule has 1 atom stereocenters. The number of carbonyl (C=O) groups excluding carboxylic acids is 1. The monoisotopic (exact) mass is 406 g/mol. The Morgan fingerprint density at radius 2 is 1.82 bits per heavy atom. The average Bonchev–Trinajstić information content (AvgIpc) is 3.31. The summed E-state index contributed by atoms with van der Waals surface area (Å²) in [4.78, 5) is 26.4. The zero-order valence-corrected chi connectivity index (χ0v) is 17.5. The van der Waals surface area contributed by atoms with Crippen LogP contribution in [0.5, 0.6) is 0 Å². The molecule has 3 saturated heterocycles. The van der Waals surface area contributed by atoms with Crippen molar-refractivity contribution in [3.05, 3.63) is 17.6 Å². The van der Waals surface area contributed by atoms with Crippen molar-refractivity contribution < 1.29 is 13.2 Å². The maximum absolute atomic E-state index is 12.6. The molecule has 4 heterocycles. The Labute approximate surface area is 167 Å². The number of rotatable bonds is 4. The predicted octanol–water partition coefficient (Wildman–Crippen LogP) is 1.92. The number of nitrogens with zero attached hydrogens (tertiary/aromatic N) is 4. The summed E-state index contributed by atoms with van der Waals surface area (Å²) < 4.78 is 23.2. The third-order valence-corrected chi connectivity index (χ3v) is 8.13. The second kappa shape index (κ2) is 7.97. The quantitative estimate of drug-likeness (QED) is 0.760. The van der Waals surface area contributed by atoms with Crippen molar-refractivity contribution in [2.75, 3.05) is 42.6 Å². The van der Waals surface area contributed by atoms with Gasteiger partial charge in [-0.25, -0.2) is 18.4 Å². The highest BCUT2D eigenvalue weighted by Crippen LogP contribution is 2.29. The molecule has 0 bridgehead atoms. The summed E-state index contributed by atoms with van der Waals surface area (Å²) in [7, 11) is -2.92. The molecule has 0 aromatic carbocycles. The van der Waals surface area contributed by atoms with E-state index in [1.54, 1.807) is 0 Å². The van der Waals surface area contributed by atoms with Crippen LogP contribution in [0.25, 0.3) is 0 Å². The Morgan fingerprint density at radius 3 is 2.46 bits per heavy atom. The van der Waals surface area contributed by atoms with Gasteiger partial charge in [0.1, 0.15) is 11.6 Å². The van der Waals surface area contributed by atoms with Crippen LogP contribution < -0.4 is 4.90 Å². The van der Waals surface area contributed by atoms with E-state index >= 15 is 0 Å². The van der Waals surface area contributed by atoms with Gasteiger partial charge in [0.15, 0.2) is 9.84 Å². The van der Waals surface area contributed by atoms with E-state index in [9.17, 15) is 13.2 Å². The van der Waals surface area contributed by atoms with Gasteiger partial charge >= 0.3 is 0 Å². The van der Waals surface area contributed by atoms with Gasteiger partial charge < -0.3 is 9.80 Å². The Kier molecular flexibility index (Phi) is 5.58. The fourth-order valence-corrected chi connectivity index (χ4v) is 6.52. The Balaban J connectivity index is 1.34. The lowest BCUT2D eigenvalue weighted by Crippen LogP contribution is -2.39. The molecule has 1 aromatic heterocycles. The summed E-state index contributed by atoms with van der Waals surface area (Å²) in [5.74, 6) is 2.75. The van der Waals surface area contributed by atoms with Gasteiger partial charge in [0.05, 0.1) is 11.5 Å². The molecule has 7 nitrogen and oxygen atoms in total. The number of hydrogen-bond donors (Lipinski definition) is 0. The first kappa shape index (κ1) is 19.6. The molecule has 1 aromatic rings. The van der Waals surface area contributed by atoms with Crippen molar-refractivity contribution in [2.45, 2.75) is 51.4 Å². The molecule has 0 saturated carbocycles. The zero-order chi connectivity index (χ0) is 19.7. The minimum atomic E-state index is -2.92. The number of sulfone groups is 1. The minimum absolute atomic E-state index is 0.00153. The molecular formula is C20H30N4O3S. The first-order chi connectivity index (χ1) is 13.4. The van der Waals surface area contributed by atoms with Crippen molar-refractivity contribution in [3.63, 3.8) is 0 Å². The maximum atomic E-state index is 12.6. The van der Waals surface area contributed by atoms with Crippen LogP contribution in [0.1, 0.15) is 56.0 Å². The molecule has 0 aliphatic carbocycles. The lowest BCUT2D eigenvalue weighted by Gasteiger charge is -2.32. The number of carbonyl (C=O) groups is 1. The van der Waals surface area contributed by atoms with Gasteiger partial charge in [0.2, 0.25) is 5.91 Å². The number of piperidine rings is 1. The molecule has 4 rings (SSSR count). The van der Waals surface area contributed by atoms with Crippen LogP contribution in [-0.2, 0) is 14.6 Å². The molecule has 3 aliphatic rings. The van der Waals surface area contributed by atoms with E-state index in [1.807, 2.05) is 11.8 Å². The van der Waals surface area contributed by atoms with E-state index in [2.05, 4.69) is 11.0 Å². The Hall–Kier alpha value is -1.70. The van der Waals surface area contributed by atoms with Gasteiger partial charge in [-0.1, -0.05) is 0 Å². The van der Waals surface area contributed by atoms with Crippen LogP contribution in [0.15, 0.2) is 6.07 Å². The van der Waals surface area contributed by atoms with Crippen molar-refractivity contribution in [1.29, 1.82) is 0 Å². The van der Waals surface area contributed by atoms with Gasteiger partial charge in [-0.05, 0) is 44.9 Å². The summed E-state index contributed by atoms with van der Waals surface area (Å²) in [5.41, 5.74) is 1.01. The lowest BCUT2D eigenvalue weighted by molar-refractivity contribution is -0.133. The fourth-order valence-electron chi connectivity index (χ4n) is 4.66. The van der Waals surface area contributed by atoms with E-state index in [0.717, 1.165) is 43.3 Å². The molecule has 154 valence electrons. The highest BCUT2D eigenvalue weighted by molar-refractivity contribution is 7.91. The number of anilines is 1. The normalized spacial score (nSPS) is 25.4. The van der Waals surface area contributed by atoms with Gasteiger partial charge in [0.25, 0.3) is 0 Å². The smallest absolute Gasteiger partial charge is 0.222 e.